The Labute approximate surface area is 85.4 Å². The van der Waals surface area contributed by atoms with Crippen molar-refractivity contribution < 1.29 is 14.0 Å². The molecule has 0 bridgehead atoms. The van der Waals surface area contributed by atoms with E-state index >= 15 is 0 Å². The van der Waals surface area contributed by atoms with E-state index in [4.69, 9.17) is 0 Å². The summed E-state index contributed by atoms with van der Waals surface area (Å²) in [5.74, 6) is -1.43. The maximum atomic E-state index is 12.6. The van der Waals surface area contributed by atoms with Gasteiger partial charge < -0.3 is 0 Å². The van der Waals surface area contributed by atoms with E-state index in [9.17, 15) is 14.0 Å². The summed E-state index contributed by atoms with van der Waals surface area (Å²) in [7, 11) is 0. The van der Waals surface area contributed by atoms with Crippen molar-refractivity contribution in [3.63, 3.8) is 0 Å². The molecule has 1 amide bonds. The smallest absolute Gasteiger partial charge is 0.289 e. The highest BCUT2D eigenvalue weighted by Crippen LogP contribution is 2.18. The van der Waals surface area contributed by atoms with Gasteiger partial charge in [-0.1, -0.05) is 12.1 Å². The van der Waals surface area contributed by atoms with Crippen molar-refractivity contribution in [3.05, 3.63) is 35.6 Å². The Hall–Kier alpha value is -1.75. The topological polar surface area (TPSA) is 58.2 Å². The molecule has 0 aliphatic carbocycles. The minimum atomic E-state index is -0.631. The van der Waals surface area contributed by atoms with Gasteiger partial charge in [0.15, 0.2) is 0 Å². The van der Waals surface area contributed by atoms with Crippen LogP contribution in [0.4, 0.5) is 4.39 Å². The molecule has 1 fully saturated rings. The lowest BCUT2D eigenvalue weighted by Gasteiger charge is -2.23. The van der Waals surface area contributed by atoms with E-state index in [1.165, 1.54) is 12.1 Å². The molecule has 0 radical (unpaired) electrons. The van der Waals surface area contributed by atoms with E-state index in [2.05, 4.69) is 10.9 Å². The van der Waals surface area contributed by atoms with E-state index in [1.807, 2.05) is 0 Å². The Morgan fingerprint density at radius 3 is 2.47 bits per heavy atom. The monoisotopic (exact) mass is 208 g/mol. The van der Waals surface area contributed by atoms with E-state index in [1.54, 1.807) is 12.1 Å². The number of halogens is 1. The summed E-state index contributed by atoms with van der Waals surface area (Å²) >= 11 is 0. The second-order valence-corrected chi connectivity index (χ2v) is 3.33. The minimum Gasteiger partial charge on any atom is -0.289 e. The number of hydrogen-bond donors (Lipinski definition) is 2. The van der Waals surface area contributed by atoms with Gasteiger partial charge in [0.05, 0.1) is 6.04 Å². The molecule has 1 aliphatic heterocycles. The molecule has 4 nitrogen and oxygen atoms in total. The van der Waals surface area contributed by atoms with Crippen molar-refractivity contribution in [2.45, 2.75) is 12.5 Å². The van der Waals surface area contributed by atoms with Gasteiger partial charge >= 0.3 is 5.91 Å². The molecule has 0 aromatic heterocycles. The summed E-state index contributed by atoms with van der Waals surface area (Å²) < 4.78 is 12.6. The van der Waals surface area contributed by atoms with Gasteiger partial charge in [0.25, 0.3) is 0 Å². The molecule has 0 saturated carbocycles. The summed E-state index contributed by atoms with van der Waals surface area (Å²) in [5, 5.41) is 0. The molecule has 1 aliphatic rings. The largest absolute Gasteiger partial charge is 0.301 e. The van der Waals surface area contributed by atoms with Crippen LogP contribution in [-0.4, -0.2) is 11.7 Å². The van der Waals surface area contributed by atoms with Gasteiger partial charge in [-0.25, -0.2) is 9.82 Å². The first-order chi connectivity index (χ1) is 7.16. The van der Waals surface area contributed by atoms with Crippen molar-refractivity contribution >= 4 is 11.7 Å². The van der Waals surface area contributed by atoms with Crippen LogP contribution >= 0.6 is 0 Å². The zero-order valence-electron chi connectivity index (χ0n) is 7.79. The lowest BCUT2D eigenvalue weighted by molar-refractivity contribution is -0.141. The molecular weight excluding hydrogens is 199 g/mol. The van der Waals surface area contributed by atoms with Gasteiger partial charge in [0.1, 0.15) is 5.82 Å². The predicted molar refractivity (Wildman–Crippen MR) is 50.0 cm³/mol. The number of Topliss-reactive ketones (excluding diaryl/α,β-unsaturated/α-hetero) is 1. The van der Waals surface area contributed by atoms with Crippen LogP contribution in [0.15, 0.2) is 24.3 Å². The zero-order chi connectivity index (χ0) is 10.8. The fourth-order valence-corrected chi connectivity index (χ4v) is 1.45. The third-order valence-electron chi connectivity index (χ3n) is 2.28. The summed E-state index contributed by atoms with van der Waals surface area (Å²) in [6.45, 7) is 0. The Kier molecular flexibility index (Phi) is 2.47. The number of ketones is 1. The van der Waals surface area contributed by atoms with Crippen LogP contribution in [0.2, 0.25) is 0 Å². The molecule has 5 heteroatoms. The van der Waals surface area contributed by atoms with Gasteiger partial charge in [0, 0.05) is 6.42 Å². The van der Waals surface area contributed by atoms with Gasteiger partial charge in [-0.05, 0) is 17.7 Å². The van der Waals surface area contributed by atoms with Crippen LogP contribution in [0.5, 0.6) is 0 Å². The fourth-order valence-electron chi connectivity index (χ4n) is 1.45. The minimum absolute atomic E-state index is 0.0947. The highest BCUT2D eigenvalue weighted by Gasteiger charge is 2.26. The molecule has 1 aromatic rings. The van der Waals surface area contributed by atoms with Gasteiger partial charge in [-0.3, -0.25) is 15.0 Å². The van der Waals surface area contributed by atoms with Crippen LogP contribution < -0.4 is 10.9 Å². The molecular formula is C10H9FN2O2. The first-order valence-electron chi connectivity index (χ1n) is 4.51. The molecule has 2 rings (SSSR count). The standard InChI is InChI=1S/C10H9FN2O2/c11-7-3-1-6(2-4-7)8-5-9(14)10(15)13-12-8/h1-4,8,12H,5H2,(H,13,15). The predicted octanol–water partition coefficient (Wildman–Crippen LogP) is 0.460. The number of nitrogens with one attached hydrogen (secondary N) is 2. The third-order valence-corrected chi connectivity index (χ3v) is 2.28. The van der Waals surface area contributed by atoms with Gasteiger partial charge in [-0.2, -0.15) is 0 Å². The molecule has 2 N–H and O–H groups in total. The van der Waals surface area contributed by atoms with Crippen LogP contribution in [0, 0.1) is 5.82 Å². The normalized spacial score (nSPS) is 21.3. The number of amides is 1. The lowest BCUT2D eigenvalue weighted by Crippen LogP contribution is -2.49. The third kappa shape index (κ3) is 2.02. The van der Waals surface area contributed by atoms with Crippen LogP contribution in [0.25, 0.3) is 0 Å². The Balaban J connectivity index is 2.15. The highest BCUT2D eigenvalue weighted by atomic mass is 19.1. The molecule has 0 spiro atoms. The summed E-state index contributed by atoms with van der Waals surface area (Å²) in [6, 6.07) is 5.52. The van der Waals surface area contributed by atoms with E-state index in [0.29, 0.717) is 0 Å². The Morgan fingerprint density at radius 2 is 1.87 bits per heavy atom. The highest BCUT2D eigenvalue weighted by molar-refractivity contribution is 6.36. The maximum Gasteiger partial charge on any atom is 0.301 e. The van der Waals surface area contributed by atoms with Crippen LogP contribution in [0.1, 0.15) is 18.0 Å². The number of carbonyl (C=O) groups is 2. The Bertz CT molecular complexity index is 402. The quantitative estimate of drug-likeness (QED) is 0.659. The molecule has 15 heavy (non-hydrogen) atoms. The van der Waals surface area contributed by atoms with Gasteiger partial charge in [-0.15, -0.1) is 0 Å². The van der Waals surface area contributed by atoms with Crippen molar-refractivity contribution in [1.29, 1.82) is 0 Å². The summed E-state index contributed by atoms with van der Waals surface area (Å²) in [5.41, 5.74) is 5.72. The van der Waals surface area contributed by atoms with E-state index in [-0.39, 0.29) is 18.3 Å². The van der Waals surface area contributed by atoms with Gasteiger partial charge in [0.2, 0.25) is 5.78 Å². The fraction of sp³-hybridized carbons (Fsp3) is 0.200. The van der Waals surface area contributed by atoms with Crippen LogP contribution in [0.3, 0.4) is 0 Å². The van der Waals surface area contributed by atoms with Crippen molar-refractivity contribution in [1.82, 2.24) is 10.9 Å². The molecule has 1 unspecified atom stereocenters. The molecule has 1 atom stereocenters. The summed E-state index contributed by atoms with van der Waals surface area (Å²) in [6.07, 6.45) is 0.0947. The second-order valence-electron chi connectivity index (χ2n) is 3.33. The van der Waals surface area contributed by atoms with Crippen LogP contribution in [-0.2, 0) is 9.59 Å². The van der Waals surface area contributed by atoms with Crippen molar-refractivity contribution in [2.75, 3.05) is 0 Å². The molecule has 1 saturated heterocycles. The average Bonchev–Trinajstić information content (AvgIpc) is 2.23. The molecule has 1 heterocycles. The first kappa shape index (κ1) is 9.79. The number of carbonyl (C=O) groups excluding carboxylic acids is 2. The maximum absolute atomic E-state index is 12.6. The number of hydrazine groups is 1. The lowest BCUT2D eigenvalue weighted by atomic mass is 10.0. The van der Waals surface area contributed by atoms with E-state index < -0.39 is 11.7 Å². The zero-order valence-corrected chi connectivity index (χ0v) is 7.79. The number of benzene rings is 1. The average molecular weight is 208 g/mol. The van der Waals surface area contributed by atoms with E-state index in [0.717, 1.165) is 5.56 Å². The SMILES string of the molecule is O=C1CC(c2ccc(F)cc2)NNC1=O. The van der Waals surface area contributed by atoms with Crippen molar-refractivity contribution in [2.24, 2.45) is 0 Å². The molecule has 78 valence electrons. The first-order valence-corrected chi connectivity index (χ1v) is 4.51. The number of hydrogen-bond acceptors (Lipinski definition) is 3. The second kappa shape index (κ2) is 3.78. The Morgan fingerprint density at radius 1 is 1.20 bits per heavy atom. The molecule has 1 aromatic carbocycles. The number of rotatable bonds is 1. The van der Waals surface area contributed by atoms with Crippen molar-refractivity contribution in [3.8, 4) is 0 Å². The summed E-state index contributed by atoms with van der Waals surface area (Å²) in [4.78, 5) is 22.0.